The molecule has 0 fully saturated rings. The van der Waals surface area contributed by atoms with E-state index in [2.05, 4.69) is 33.0 Å². The number of rotatable bonds is 5. The molecule has 1 rings (SSSR count). The zero-order valence-electron chi connectivity index (χ0n) is 12.8. The minimum absolute atomic E-state index is 0.0554. The van der Waals surface area contributed by atoms with Crippen molar-refractivity contribution in [3.8, 4) is 0 Å². The minimum Gasteiger partial charge on any atom is -0.351 e. The summed E-state index contributed by atoms with van der Waals surface area (Å²) in [5.41, 5.74) is 3.43. The van der Waals surface area contributed by atoms with E-state index >= 15 is 0 Å². The largest absolute Gasteiger partial charge is 0.351 e. The molecule has 0 radical (unpaired) electrons. The third kappa shape index (κ3) is 4.19. The normalized spacial score (nSPS) is 13.2. The van der Waals surface area contributed by atoms with Crippen molar-refractivity contribution in [1.82, 2.24) is 0 Å². The van der Waals surface area contributed by atoms with E-state index in [4.69, 9.17) is 0 Å². The van der Waals surface area contributed by atoms with Crippen molar-refractivity contribution in [2.75, 3.05) is 11.9 Å². The summed E-state index contributed by atoms with van der Waals surface area (Å²) in [6.07, 6.45) is 1.73. The fraction of sp³-hybridized carbons (Fsp3) is 0.412. The van der Waals surface area contributed by atoms with Crippen LogP contribution in [0.5, 0.6) is 0 Å². The molecule has 0 aliphatic heterocycles. The van der Waals surface area contributed by atoms with Crippen LogP contribution in [0.3, 0.4) is 0 Å². The maximum atomic E-state index is 12.5. The molecule has 0 amide bonds. The lowest BCUT2D eigenvalue weighted by Crippen LogP contribution is -2.11. The van der Waals surface area contributed by atoms with Crippen LogP contribution in [0.4, 0.5) is 14.5 Å². The molecule has 1 aromatic carbocycles. The minimum atomic E-state index is -2.42. The Morgan fingerprint density at radius 2 is 1.70 bits per heavy atom. The van der Waals surface area contributed by atoms with Crippen LogP contribution in [-0.4, -0.2) is 7.05 Å². The van der Waals surface area contributed by atoms with Gasteiger partial charge in [-0.25, -0.2) is 8.78 Å². The molecule has 0 aliphatic carbocycles. The highest BCUT2D eigenvalue weighted by Crippen LogP contribution is 2.24. The number of benzene rings is 1. The lowest BCUT2D eigenvalue weighted by atomic mass is 9.97. The Kier molecular flexibility index (Phi) is 5.93. The van der Waals surface area contributed by atoms with Gasteiger partial charge in [0.25, 0.3) is 6.43 Å². The van der Waals surface area contributed by atoms with Gasteiger partial charge in [0, 0.05) is 24.5 Å². The van der Waals surface area contributed by atoms with Crippen molar-refractivity contribution in [1.29, 1.82) is 0 Å². The molecule has 1 aromatic rings. The highest BCUT2D eigenvalue weighted by atomic mass is 19.3. The zero-order chi connectivity index (χ0) is 15.3. The number of nitrogens with zero attached hydrogens (tertiary/aromatic N) is 1. The Bertz CT molecular complexity index is 484. The summed E-state index contributed by atoms with van der Waals surface area (Å²) in [5, 5.41) is 0. The van der Waals surface area contributed by atoms with E-state index in [9.17, 15) is 8.78 Å². The van der Waals surface area contributed by atoms with Crippen LogP contribution in [0.15, 0.2) is 47.7 Å². The van der Waals surface area contributed by atoms with Crippen molar-refractivity contribution in [3.63, 3.8) is 0 Å². The van der Waals surface area contributed by atoms with Gasteiger partial charge in [0.05, 0.1) is 0 Å². The third-order valence-corrected chi connectivity index (χ3v) is 3.40. The van der Waals surface area contributed by atoms with E-state index in [0.717, 1.165) is 5.69 Å². The summed E-state index contributed by atoms with van der Waals surface area (Å²) in [4.78, 5) is 1.97. The average molecular weight is 279 g/mol. The molecule has 1 nitrogen and oxygen atoms in total. The van der Waals surface area contributed by atoms with Crippen molar-refractivity contribution in [2.45, 2.75) is 34.1 Å². The van der Waals surface area contributed by atoms with Gasteiger partial charge in [-0.2, -0.15) is 0 Å². The monoisotopic (exact) mass is 279 g/mol. The highest BCUT2D eigenvalue weighted by Gasteiger charge is 2.09. The van der Waals surface area contributed by atoms with Crippen LogP contribution in [-0.2, 0) is 0 Å². The van der Waals surface area contributed by atoms with E-state index in [1.165, 1.54) is 23.3 Å². The Hall–Kier alpha value is -1.64. The van der Waals surface area contributed by atoms with E-state index in [-0.39, 0.29) is 5.56 Å². The van der Waals surface area contributed by atoms with Gasteiger partial charge in [0.1, 0.15) is 0 Å². The maximum absolute atomic E-state index is 12.5. The molecule has 20 heavy (non-hydrogen) atoms. The van der Waals surface area contributed by atoms with Crippen LogP contribution in [0.2, 0.25) is 0 Å². The quantitative estimate of drug-likeness (QED) is 0.637. The summed E-state index contributed by atoms with van der Waals surface area (Å²) < 4.78 is 25.1. The molecular weight excluding hydrogens is 256 g/mol. The zero-order valence-corrected chi connectivity index (χ0v) is 12.8. The Balaban J connectivity index is 3.01. The van der Waals surface area contributed by atoms with Crippen LogP contribution in [0.1, 0.15) is 39.7 Å². The van der Waals surface area contributed by atoms with Crippen LogP contribution in [0.25, 0.3) is 0 Å². The summed E-state index contributed by atoms with van der Waals surface area (Å²) in [6, 6.07) is 6.39. The molecule has 0 bridgehead atoms. The van der Waals surface area contributed by atoms with Crippen molar-refractivity contribution >= 4 is 5.69 Å². The standard InChI is InChI=1S/C17H23F2N/c1-6-13(4)16(12(2)3)11-20(5)15-9-7-14(8-10-15)17(18)19/h6-12,17H,1-5H3/b13-6-,16-11-. The Morgan fingerprint density at radius 1 is 1.15 bits per heavy atom. The molecule has 0 unspecified atom stereocenters. The fourth-order valence-electron chi connectivity index (χ4n) is 2.01. The SMILES string of the molecule is C/C=C(C)\C(=C/N(C)c1ccc(C(F)F)cc1)C(C)C. The summed E-state index contributed by atoms with van der Waals surface area (Å²) >= 11 is 0. The third-order valence-electron chi connectivity index (χ3n) is 3.40. The van der Waals surface area contributed by atoms with Crippen LogP contribution in [0, 0.1) is 5.92 Å². The molecule has 110 valence electrons. The first kappa shape index (κ1) is 16.4. The van der Waals surface area contributed by atoms with Gasteiger partial charge in [0.2, 0.25) is 0 Å². The number of halogens is 2. The van der Waals surface area contributed by atoms with Gasteiger partial charge in [-0.3, -0.25) is 0 Å². The highest BCUT2D eigenvalue weighted by molar-refractivity contribution is 5.51. The van der Waals surface area contributed by atoms with Gasteiger partial charge < -0.3 is 4.90 Å². The molecule has 0 saturated carbocycles. The van der Waals surface area contributed by atoms with E-state index in [0.29, 0.717) is 5.92 Å². The van der Waals surface area contributed by atoms with Gasteiger partial charge in [-0.1, -0.05) is 37.6 Å². The Labute approximate surface area is 120 Å². The number of allylic oxidation sites excluding steroid dienone is 3. The smallest absolute Gasteiger partial charge is 0.263 e. The molecule has 0 aliphatic rings. The summed E-state index contributed by atoms with van der Waals surface area (Å²) in [6.45, 7) is 8.39. The topological polar surface area (TPSA) is 3.24 Å². The van der Waals surface area contributed by atoms with Crippen molar-refractivity contribution in [3.05, 3.63) is 53.3 Å². The maximum Gasteiger partial charge on any atom is 0.263 e. The predicted octanol–water partition coefficient (Wildman–Crippen LogP) is 5.57. The Morgan fingerprint density at radius 3 is 2.10 bits per heavy atom. The second-order valence-electron chi connectivity index (χ2n) is 5.21. The van der Waals surface area contributed by atoms with E-state index < -0.39 is 6.43 Å². The second-order valence-corrected chi connectivity index (χ2v) is 5.21. The molecule has 0 saturated heterocycles. The van der Waals surface area contributed by atoms with Gasteiger partial charge in [0.15, 0.2) is 0 Å². The molecular formula is C17H23F2N. The predicted molar refractivity (Wildman–Crippen MR) is 82.2 cm³/mol. The van der Waals surface area contributed by atoms with Crippen molar-refractivity contribution in [2.24, 2.45) is 5.92 Å². The fourth-order valence-corrected chi connectivity index (χ4v) is 2.01. The number of hydrogen-bond acceptors (Lipinski definition) is 1. The second kappa shape index (κ2) is 7.22. The molecule has 0 spiro atoms. The lowest BCUT2D eigenvalue weighted by Gasteiger charge is -2.20. The molecule has 0 aromatic heterocycles. The molecule has 0 atom stereocenters. The number of hydrogen-bond donors (Lipinski definition) is 0. The average Bonchev–Trinajstić information content (AvgIpc) is 2.43. The van der Waals surface area contributed by atoms with Gasteiger partial charge >= 0.3 is 0 Å². The van der Waals surface area contributed by atoms with E-state index in [1.807, 2.05) is 18.9 Å². The summed E-state index contributed by atoms with van der Waals surface area (Å²) in [7, 11) is 1.93. The van der Waals surface area contributed by atoms with Gasteiger partial charge in [-0.15, -0.1) is 0 Å². The summed E-state index contributed by atoms with van der Waals surface area (Å²) in [5.74, 6) is 0.411. The number of anilines is 1. The number of alkyl halides is 2. The lowest BCUT2D eigenvalue weighted by molar-refractivity contribution is 0.151. The van der Waals surface area contributed by atoms with Crippen molar-refractivity contribution < 1.29 is 8.78 Å². The molecule has 3 heteroatoms. The first-order chi connectivity index (χ1) is 9.36. The van der Waals surface area contributed by atoms with E-state index in [1.54, 1.807) is 12.1 Å². The first-order valence-electron chi connectivity index (χ1n) is 6.82. The molecule has 0 heterocycles. The molecule has 0 N–H and O–H groups in total. The van der Waals surface area contributed by atoms with Crippen LogP contribution < -0.4 is 4.90 Å². The first-order valence-corrected chi connectivity index (χ1v) is 6.82. The van der Waals surface area contributed by atoms with Gasteiger partial charge in [-0.05, 0) is 37.5 Å². The van der Waals surface area contributed by atoms with Crippen LogP contribution >= 0.6 is 0 Å².